The number of hydrogen-bond donors (Lipinski definition) is 2. The number of benzene rings is 2. The fourth-order valence-electron chi connectivity index (χ4n) is 2.66. The molecule has 0 aliphatic heterocycles. The van der Waals surface area contributed by atoms with Gasteiger partial charge in [-0.3, -0.25) is 0 Å². The van der Waals surface area contributed by atoms with Crippen LogP contribution < -0.4 is 9.47 Å². The minimum atomic E-state index is -1.11. The summed E-state index contributed by atoms with van der Waals surface area (Å²) in [7, 11) is 3.22. The molecular formula is C20H18N2O4S. The average molecular weight is 382 g/mol. The number of imidazole rings is 1. The summed E-state index contributed by atoms with van der Waals surface area (Å²) in [6, 6.07) is 15.1. The van der Waals surface area contributed by atoms with Crippen LogP contribution in [0.15, 0.2) is 48.5 Å². The zero-order valence-corrected chi connectivity index (χ0v) is 15.7. The third-order valence-electron chi connectivity index (χ3n) is 4.06. The lowest BCUT2D eigenvalue weighted by Crippen LogP contribution is -2.13. The van der Waals surface area contributed by atoms with Crippen LogP contribution in [-0.4, -0.2) is 40.1 Å². The molecule has 0 fully saturated rings. The number of thiocarbonyl (C=S) groups is 1. The Morgan fingerprint density at radius 2 is 1.52 bits per heavy atom. The van der Waals surface area contributed by atoms with Crippen molar-refractivity contribution >= 4 is 23.1 Å². The van der Waals surface area contributed by atoms with E-state index in [0.29, 0.717) is 11.5 Å². The summed E-state index contributed by atoms with van der Waals surface area (Å²) >= 11 is 4.92. The number of aliphatic carboxylic acids is 1. The van der Waals surface area contributed by atoms with E-state index >= 15 is 0 Å². The van der Waals surface area contributed by atoms with Gasteiger partial charge in [0.1, 0.15) is 22.2 Å². The first-order valence-corrected chi connectivity index (χ1v) is 8.56. The van der Waals surface area contributed by atoms with E-state index < -0.39 is 5.97 Å². The monoisotopic (exact) mass is 382 g/mol. The molecule has 0 amide bonds. The van der Waals surface area contributed by atoms with Crippen molar-refractivity contribution in [3.63, 3.8) is 0 Å². The summed E-state index contributed by atoms with van der Waals surface area (Å²) in [5.41, 5.74) is 3.28. The quantitative estimate of drug-likeness (QED) is 0.606. The molecule has 2 N–H and O–H groups in total. The summed E-state index contributed by atoms with van der Waals surface area (Å²) in [4.78, 5) is 18.8. The van der Waals surface area contributed by atoms with Gasteiger partial charge in [0, 0.05) is 17.5 Å². The lowest BCUT2D eigenvalue weighted by atomic mass is 10.0. The zero-order valence-electron chi connectivity index (χ0n) is 14.9. The number of nitrogens with one attached hydrogen (secondary N) is 1. The Kier molecular flexibility index (Phi) is 5.52. The van der Waals surface area contributed by atoms with Gasteiger partial charge in [-0.2, -0.15) is 0 Å². The van der Waals surface area contributed by atoms with E-state index in [4.69, 9.17) is 26.8 Å². The Morgan fingerprint density at radius 1 is 1.00 bits per heavy atom. The number of rotatable bonds is 7. The van der Waals surface area contributed by atoms with E-state index in [1.807, 2.05) is 48.5 Å². The molecule has 7 heteroatoms. The number of ether oxygens (including phenoxy) is 2. The normalized spacial score (nSPS) is 10.4. The number of carbonyl (C=O) groups is 1. The predicted molar refractivity (Wildman–Crippen MR) is 107 cm³/mol. The molecule has 0 bridgehead atoms. The second-order valence-corrected chi connectivity index (χ2v) is 6.26. The molecule has 1 heterocycles. The summed E-state index contributed by atoms with van der Waals surface area (Å²) in [6.07, 6.45) is 0.0595. The lowest BCUT2D eigenvalue weighted by Gasteiger charge is -2.06. The van der Waals surface area contributed by atoms with Crippen LogP contribution >= 0.6 is 12.2 Å². The third kappa shape index (κ3) is 4.15. The number of aromatic nitrogens is 2. The SMILES string of the molecule is COc1ccc(-c2nc(CC(=S)C(=O)O)[nH]c2-c2ccc(OC)cc2)cc1. The van der Waals surface area contributed by atoms with Crippen molar-refractivity contribution in [3.05, 3.63) is 54.4 Å². The van der Waals surface area contributed by atoms with Crippen molar-refractivity contribution in [1.82, 2.24) is 9.97 Å². The van der Waals surface area contributed by atoms with Crippen molar-refractivity contribution in [2.45, 2.75) is 6.42 Å². The fraction of sp³-hybridized carbons (Fsp3) is 0.150. The Labute approximate surface area is 161 Å². The average Bonchev–Trinajstić information content (AvgIpc) is 3.11. The van der Waals surface area contributed by atoms with Crippen LogP contribution in [0.25, 0.3) is 22.5 Å². The van der Waals surface area contributed by atoms with Crippen LogP contribution in [0.5, 0.6) is 11.5 Å². The van der Waals surface area contributed by atoms with Gasteiger partial charge in [0.25, 0.3) is 0 Å². The molecule has 0 radical (unpaired) electrons. The standard InChI is InChI=1S/C20H18N2O4S/c1-25-14-7-3-12(4-8-14)18-19(13-5-9-15(26-2)10-6-13)22-17(21-18)11-16(27)20(23)24/h3-10H,11H2,1-2H3,(H,21,22)(H,23,24). The summed E-state index contributed by atoms with van der Waals surface area (Å²) in [5, 5.41) is 9.06. The molecule has 0 aliphatic carbocycles. The van der Waals surface area contributed by atoms with Crippen molar-refractivity contribution in [3.8, 4) is 34.0 Å². The van der Waals surface area contributed by atoms with Crippen LogP contribution in [0.1, 0.15) is 5.82 Å². The third-order valence-corrected chi connectivity index (χ3v) is 4.38. The first-order chi connectivity index (χ1) is 13.0. The van der Waals surface area contributed by atoms with Crippen LogP contribution in [0.2, 0.25) is 0 Å². The number of aromatic amines is 1. The molecule has 0 saturated heterocycles. The van der Waals surface area contributed by atoms with Crippen molar-refractivity contribution in [2.24, 2.45) is 0 Å². The van der Waals surface area contributed by atoms with Gasteiger partial charge in [0.05, 0.1) is 25.6 Å². The van der Waals surface area contributed by atoms with Crippen LogP contribution in [0.4, 0.5) is 0 Å². The molecule has 3 aromatic rings. The van der Waals surface area contributed by atoms with Gasteiger partial charge in [-0.1, -0.05) is 12.2 Å². The molecular weight excluding hydrogens is 364 g/mol. The molecule has 0 saturated carbocycles. The Balaban J connectivity index is 2.06. The van der Waals surface area contributed by atoms with Gasteiger partial charge >= 0.3 is 5.97 Å². The number of hydrogen-bond acceptors (Lipinski definition) is 5. The van der Waals surface area contributed by atoms with E-state index in [9.17, 15) is 4.79 Å². The number of carboxylic acid groups (broad SMARTS) is 1. The summed E-state index contributed by atoms with van der Waals surface area (Å²) in [5.74, 6) is 0.876. The molecule has 1 aromatic heterocycles. The molecule has 0 spiro atoms. The molecule has 0 aliphatic rings. The minimum absolute atomic E-state index is 0.0595. The van der Waals surface area contributed by atoms with Gasteiger partial charge in [-0.05, 0) is 48.5 Å². The number of carboxylic acids is 1. The van der Waals surface area contributed by atoms with Crippen molar-refractivity contribution < 1.29 is 19.4 Å². The number of nitrogens with zero attached hydrogens (tertiary/aromatic N) is 1. The van der Waals surface area contributed by atoms with E-state index in [1.54, 1.807) is 14.2 Å². The van der Waals surface area contributed by atoms with Gasteiger partial charge < -0.3 is 19.6 Å². The summed E-state index contributed by atoms with van der Waals surface area (Å²) < 4.78 is 10.4. The highest BCUT2D eigenvalue weighted by Crippen LogP contribution is 2.32. The minimum Gasteiger partial charge on any atom is -0.497 e. The van der Waals surface area contributed by atoms with Gasteiger partial charge in [0.15, 0.2) is 0 Å². The summed E-state index contributed by atoms with van der Waals surface area (Å²) in [6.45, 7) is 0. The van der Waals surface area contributed by atoms with Crippen molar-refractivity contribution in [2.75, 3.05) is 14.2 Å². The first kappa shape index (κ1) is 18.6. The molecule has 6 nitrogen and oxygen atoms in total. The maximum Gasteiger partial charge on any atom is 0.342 e. The molecule has 3 rings (SSSR count). The molecule has 2 aromatic carbocycles. The molecule has 0 atom stereocenters. The second-order valence-electron chi connectivity index (χ2n) is 5.77. The molecule has 0 unspecified atom stereocenters. The van der Waals surface area contributed by atoms with Crippen molar-refractivity contribution in [1.29, 1.82) is 0 Å². The number of H-pyrrole nitrogens is 1. The molecule has 138 valence electrons. The highest BCUT2D eigenvalue weighted by molar-refractivity contribution is 7.82. The van der Waals surface area contributed by atoms with E-state index in [2.05, 4.69) is 9.97 Å². The van der Waals surface area contributed by atoms with Crippen LogP contribution in [-0.2, 0) is 11.2 Å². The van der Waals surface area contributed by atoms with Gasteiger partial charge in [0.2, 0.25) is 0 Å². The number of methoxy groups -OCH3 is 2. The largest absolute Gasteiger partial charge is 0.497 e. The highest BCUT2D eigenvalue weighted by Gasteiger charge is 2.17. The van der Waals surface area contributed by atoms with E-state index in [1.165, 1.54) is 0 Å². The van der Waals surface area contributed by atoms with Crippen LogP contribution in [0, 0.1) is 0 Å². The lowest BCUT2D eigenvalue weighted by molar-refractivity contribution is -0.129. The predicted octanol–water partition coefficient (Wildman–Crippen LogP) is 3.76. The Morgan fingerprint density at radius 3 is 2.00 bits per heavy atom. The first-order valence-electron chi connectivity index (χ1n) is 8.15. The smallest absolute Gasteiger partial charge is 0.342 e. The maximum atomic E-state index is 11.1. The Hall–Kier alpha value is -3.19. The van der Waals surface area contributed by atoms with Gasteiger partial charge in [-0.15, -0.1) is 0 Å². The zero-order chi connectivity index (χ0) is 19.4. The molecule has 27 heavy (non-hydrogen) atoms. The van der Waals surface area contributed by atoms with Crippen LogP contribution in [0.3, 0.4) is 0 Å². The highest BCUT2D eigenvalue weighted by atomic mass is 32.1. The Bertz CT molecular complexity index is 898. The van der Waals surface area contributed by atoms with E-state index in [-0.39, 0.29) is 11.3 Å². The maximum absolute atomic E-state index is 11.1. The topological polar surface area (TPSA) is 84.4 Å². The van der Waals surface area contributed by atoms with E-state index in [0.717, 1.165) is 28.3 Å². The van der Waals surface area contributed by atoms with Gasteiger partial charge in [-0.25, -0.2) is 9.78 Å². The fourth-order valence-corrected chi connectivity index (χ4v) is 2.79. The second kappa shape index (κ2) is 8.01.